The van der Waals surface area contributed by atoms with Crippen LogP contribution < -0.4 is 10.6 Å². The SMILES string of the molecule is CCN1CCN(C(=O)CNC(=O)NC2CC2)CC1. The molecule has 2 fully saturated rings. The molecular formula is C12H22N4O2. The van der Waals surface area contributed by atoms with Crippen LogP contribution in [0.3, 0.4) is 0 Å². The van der Waals surface area contributed by atoms with E-state index in [0.29, 0.717) is 6.04 Å². The average Bonchev–Trinajstić information content (AvgIpc) is 3.20. The molecule has 1 saturated carbocycles. The van der Waals surface area contributed by atoms with Gasteiger partial charge in [0.25, 0.3) is 0 Å². The lowest BCUT2D eigenvalue weighted by Gasteiger charge is -2.34. The van der Waals surface area contributed by atoms with Crippen molar-refractivity contribution in [3.63, 3.8) is 0 Å². The van der Waals surface area contributed by atoms with Crippen molar-refractivity contribution in [2.75, 3.05) is 39.3 Å². The number of nitrogens with zero attached hydrogens (tertiary/aromatic N) is 2. The van der Waals surface area contributed by atoms with E-state index in [1.165, 1.54) is 0 Å². The van der Waals surface area contributed by atoms with Crippen molar-refractivity contribution in [3.8, 4) is 0 Å². The molecular weight excluding hydrogens is 232 g/mol. The van der Waals surface area contributed by atoms with Crippen molar-refractivity contribution < 1.29 is 9.59 Å². The molecule has 2 rings (SSSR count). The van der Waals surface area contributed by atoms with Gasteiger partial charge in [0.15, 0.2) is 0 Å². The molecule has 0 radical (unpaired) electrons. The second-order valence-electron chi connectivity index (χ2n) is 4.92. The summed E-state index contributed by atoms with van der Waals surface area (Å²) in [5.74, 6) is 0.0108. The predicted octanol–water partition coefficient (Wildman–Crippen LogP) is -0.388. The van der Waals surface area contributed by atoms with Gasteiger partial charge >= 0.3 is 6.03 Å². The van der Waals surface area contributed by atoms with Crippen molar-refractivity contribution in [3.05, 3.63) is 0 Å². The van der Waals surface area contributed by atoms with Crippen LogP contribution in [0.5, 0.6) is 0 Å². The van der Waals surface area contributed by atoms with Crippen LogP contribution in [0.25, 0.3) is 0 Å². The maximum atomic E-state index is 11.9. The first-order chi connectivity index (χ1) is 8.69. The first-order valence-electron chi connectivity index (χ1n) is 6.73. The summed E-state index contributed by atoms with van der Waals surface area (Å²) in [5.41, 5.74) is 0. The van der Waals surface area contributed by atoms with Crippen LogP contribution in [0.15, 0.2) is 0 Å². The minimum Gasteiger partial charge on any atom is -0.339 e. The zero-order valence-electron chi connectivity index (χ0n) is 10.9. The van der Waals surface area contributed by atoms with E-state index in [-0.39, 0.29) is 18.5 Å². The highest BCUT2D eigenvalue weighted by Crippen LogP contribution is 2.18. The van der Waals surface area contributed by atoms with Gasteiger partial charge in [-0.2, -0.15) is 0 Å². The fourth-order valence-electron chi connectivity index (χ4n) is 2.05. The van der Waals surface area contributed by atoms with Gasteiger partial charge < -0.3 is 20.4 Å². The summed E-state index contributed by atoms with van der Waals surface area (Å²) >= 11 is 0. The number of nitrogens with one attached hydrogen (secondary N) is 2. The van der Waals surface area contributed by atoms with Crippen LogP contribution in [-0.4, -0.2) is 67.0 Å². The van der Waals surface area contributed by atoms with E-state index in [1.54, 1.807) is 0 Å². The van der Waals surface area contributed by atoms with Crippen LogP contribution in [-0.2, 0) is 4.79 Å². The molecule has 0 atom stereocenters. The Balaban J connectivity index is 1.63. The molecule has 1 aliphatic heterocycles. The maximum absolute atomic E-state index is 11.9. The van der Waals surface area contributed by atoms with E-state index in [9.17, 15) is 9.59 Å². The summed E-state index contributed by atoms with van der Waals surface area (Å²) in [7, 11) is 0. The third-order valence-corrected chi connectivity index (χ3v) is 3.48. The maximum Gasteiger partial charge on any atom is 0.315 e. The summed E-state index contributed by atoms with van der Waals surface area (Å²) in [6.45, 7) is 6.64. The quantitative estimate of drug-likeness (QED) is 0.718. The fraction of sp³-hybridized carbons (Fsp3) is 0.833. The standard InChI is InChI=1S/C12H22N4O2/c1-2-15-5-7-16(8-6-15)11(17)9-13-12(18)14-10-3-4-10/h10H,2-9H2,1H3,(H2,13,14,18). The molecule has 2 N–H and O–H groups in total. The zero-order chi connectivity index (χ0) is 13.0. The number of hydrogen-bond acceptors (Lipinski definition) is 3. The molecule has 18 heavy (non-hydrogen) atoms. The average molecular weight is 254 g/mol. The number of piperazine rings is 1. The predicted molar refractivity (Wildman–Crippen MR) is 68.3 cm³/mol. The summed E-state index contributed by atoms with van der Waals surface area (Å²) < 4.78 is 0. The van der Waals surface area contributed by atoms with E-state index in [1.807, 2.05) is 4.90 Å². The minimum atomic E-state index is -0.224. The van der Waals surface area contributed by atoms with Crippen molar-refractivity contribution in [1.82, 2.24) is 20.4 Å². The zero-order valence-corrected chi connectivity index (χ0v) is 10.9. The van der Waals surface area contributed by atoms with Crippen LogP contribution in [0.2, 0.25) is 0 Å². The molecule has 0 bridgehead atoms. The highest BCUT2D eigenvalue weighted by molar-refractivity contribution is 5.84. The van der Waals surface area contributed by atoms with Crippen LogP contribution in [0.1, 0.15) is 19.8 Å². The summed E-state index contributed by atoms with van der Waals surface area (Å²) in [4.78, 5) is 27.4. The van der Waals surface area contributed by atoms with Crippen molar-refractivity contribution >= 4 is 11.9 Å². The molecule has 3 amide bonds. The highest BCUT2D eigenvalue weighted by Gasteiger charge is 2.24. The van der Waals surface area contributed by atoms with Crippen LogP contribution in [0, 0.1) is 0 Å². The van der Waals surface area contributed by atoms with Gasteiger partial charge in [0, 0.05) is 32.2 Å². The largest absolute Gasteiger partial charge is 0.339 e. The lowest BCUT2D eigenvalue weighted by molar-refractivity contribution is -0.131. The summed E-state index contributed by atoms with van der Waals surface area (Å²) in [5, 5.41) is 5.42. The third kappa shape index (κ3) is 3.87. The Kier molecular flexibility index (Phi) is 4.41. The smallest absolute Gasteiger partial charge is 0.315 e. The summed E-state index contributed by atoms with van der Waals surface area (Å²) in [6, 6.07) is 0.103. The third-order valence-electron chi connectivity index (χ3n) is 3.48. The molecule has 0 spiro atoms. The molecule has 6 nitrogen and oxygen atoms in total. The molecule has 1 aliphatic carbocycles. The van der Waals surface area contributed by atoms with Gasteiger partial charge in [-0.25, -0.2) is 4.79 Å². The van der Waals surface area contributed by atoms with Gasteiger partial charge in [-0.05, 0) is 19.4 Å². The fourth-order valence-corrected chi connectivity index (χ4v) is 2.05. The lowest BCUT2D eigenvalue weighted by atomic mass is 10.3. The lowest BCUT2D eigenvalue weighted by Crippen LogP contribution is -2.51. The normalized spacial score (nSPS) is 20.6. The van der Waals surface area contributed by atoms with Gasteiger partial charge in [-0.3, -0.25) is 4.79 Å². The highest BCUT2D eigenvalue weighted by atomic mass is 16.2. The topological polar surface area (TPSA) is 64.7 Å². The molecule has 1 saturated heterocycles. The number of carbonyl (C=O) groups excluding carboxylic acids is 2. The molecule has 0 aromatic heterocycles. The molecule has 102 valence electrons. The van der Waals surface area contributed by atoms with Crippen LogP contribution >= 0.6 is 0 Å². The molecule has 0 aromatic carbocycles. The van der Waals surface area contributed by atoms with E-state index >= 15 is 0 Å². The Hall–Kier alpha value is -1.30. The van der Waals surface area contributed by atoms with Gasteiger partial charge in [0.2, 0.25) is 5.91 Å². The van der Waals surface area contributed by atoms with Crippen molar-refractivity contribution in [1.29, 1.82) is 0 Å². The first kappa shape index (κ1) is 13.1. The van der Waals surface area contributed by atoms with Crippen molar-refractivity contribution in [2.24, 2.45) is 0 Å². The molecule has 0 unspecified atom stereocenters. The Morgan fingerprint density at radius 3 is 2.39 bits per heavy atom. The van der Waals surface area contributed by atoms with Gasteiger partial charge in [-0.1, -0.05) is 6.92 Å². The number of amides is 3. The first-order valence-corrected chi connectivity index (χ1v) is 6.73. The number of carbonyl (C=O) groups is 2. The Bertz CT molecular complexity index is 309. The van der Waals surface area contributed by atoms with Gasteiger partial charge in [0.1, 0.15) is 0 Å². The molecule has 1 heterocycles. The second-order valence-corrected chi connectivity index (χ2v) is 4.92. The molecule has 2 aliphatic rings. The minimum absolute atomic E-state index is 0.0108. The number of likely N-dealkylation sites (N-methyl/N-ethyl adjacent to an activating group) is 1. The monoisotopic (exact) mass is 254 g/mol. The molecule has 0 aromatic rings. The summed E-state index contributed by atoms with van der Waals surface area (Å²) in [6.07, 6.45) is 2.11. The van der Waals surface area contributed by atoms with E-state index in [2.05, 4.69) is 22.5 Å². The van der Waals surface area contributed by atoms with E-state index < -0.39 is 0 Å². The van der Waals surface area contributed by atoms with Gasteiger partial charge in [-0.15, -0.1) is 0 Å². The Morgan fingerprint density at radius 1 is 1.17 bits per heavy atom. The number of urea groups is 1. The Labute approximate surface area is 108 Å². The second kappa shape index (κ2) is 6.04. The Morgan fingerprint density at radius 2 is 1.83 bits per heavy atom. The van der Waals surface area contributed by atoms with E-state index in [0.717, 1.165) is 45.6 Å². The number of hydrogen-bond donors (Lipinski definition) is 2. The van der Waals surface area contributed by atoms with E-state index in [4.69, 9.17) is 0 Å². The van der Waals surface area contributed by atoms with Gasteiger partial charge in [0.05, 0.1) is 6.54 Å². The van der Waals surface area contributed by atoms with Crippen molar-refractivity contribution in [2.45, 2.75) is 25.8 Å². The van der Waals surface area contributed by atoms with Crippen LogP contribution in [0.4, 0.5) is 4.79 Å². The number of rotatable bonds is 4. The molecule has 6 heteroatoms.